The lowest BCUT2D eigenvalue weighted by atomic mass is 9.85. The van der Waals surface area contributed by atoms with Crippen molar-refractivity contribution in [1.82, 2.24) is 35.2 Å². The number of carbonyl (C=O) groups excluding carboxylic acids is 3. The van der Waals surface area contributed by atoms with Gasteiger partial charge in [-0.25, -0.2) is 9.18 Å². The summed E-state index contributed by atoms with van der Waals surface area (Å²) >= 11 is 17.1. The highest BCUT2D eigenvalue weighted by Gasteiger charge is 2.28. The number of H-pyrrole nitrogens is 2. The van der Waals surface area contributed by atoms with Gasteiger partial charge in [-0.1, -0.05) is 53.7 Å². The van der Waals surface area contributed by atoms with Crippen LogP contribution in [-0.4, -0.2) is 71.3 Å². The van der Waals surface area contributed by atoms with Crippen molar-refractivity contribution in [2.75, 3.05) is 13.1 Å². The first-order valence-corrected chi connectivity index (χ1v) is 18.6. The van der Waals surface area contributed by atoms with E-state index in [1.807, 2.05) is 0 Å². The standard InChI is InChI=1S/C15H16ClFN4O2.C15H16ClFN4O.C7H5ClO3/c16-14-6-13(18-19-14)15(22)20(7-10-2-1-3-10)8-11-4-5-21(23)9-12(11)17;16-14-6-13(19-20-14)15(22)21(8-10-2-1-3-10)9-11-4-5-18-7-12(11)17;8-6-3-1-2-5(4-6)7(9)11-10/h4-6,9-10H,1-3,7-8H2,(H,18,19);4-7,10H,1-3,8-9H2,(H,19,20);1-4,10H. The zero-order chi connectivity index (χ0) is 40.2. The maximum atomic E-state index is 13.9. The molecule has 0 unspecified atom stereocenters. The normalized spacial score (nSPS) is 13.5. The Morgan fingerprint density at radius 2 is 1.39 bits per heavy atom. The number of halogens is 5. The van der Waals surface area contributed by atoms with E-state index in [4.69, 9.17) is 40.1 Å². The van der Waals surface area contributed by atoms with Crippen LogP contribution in [0.25, 0.3) is 0 Å². The van der Waals surface area contributed by atoms with Crippen LogP contribution in [-0.2, 0) is 18.0 Å². The van der Waals surface area contributed by atoms with Crippen LogP contribution in [0.4, 0.5) is 8.78 Å². The van der Waals surface area contributed by atoms with Gasteiger partial charge in [-0.15, -0.1) is 0 Å². The summed E-state index contributed by atoms with van der Waals surface area (Å²) in [6.45, 7) is 1.43. The van der Waals surface area contributed by atoms with Gasteiger partial charge in [0.1, 0.15) is 16.1 Å². The van der Waals surface area contributed by atoms with E-state index in [9.17, 15) is 28.4 Å². The number of rotatable bonds is 11. The SMILES string of the molecule is O=C(OO)c1cccc(Cl)c1.O=C(c1cc(Cl)[nH]n1)N(Cc1cc[n+]([O-])cc1F)CC1CCC1.O=C(c1cc(Cl)[nH]n1)N(Cc1ccncc1F)CC1CCC1. The van der Waals surface area contributed by atoms with Crippen LogP contribution in [0.15, 0.2) is 73.3 Å². The number of carbonyl (C=O) groups is 3. The Bertz CT molecular complexity index is 2110. The molecule has 1 aromatic carbocycles. The first-order valence-electron chi connectivity index (χ1n) is 17.5. The van der Waals surface area contributed by atoms with Gasteiger partial charge in [0, 0.05) is 66.7 Å². The quantitative estimate of drug-likeness (QED) is 0.0532. The topological polar surface area (TPSA) is 184 Å². The van der Waals surface area contributed by atoms with E-state index in [2.05, 4.69) is 30.3 Å². The van der Waals surface area contributed by atoms with Crippen molar-refractivity contribution in [3.8, 4) is 0 Å². The maximum Gasteiger partial charge on any atom is 0.372 e. The molecule has 0 atom stereocenters. The highest BCUT2D eigenvalue weighted by atomic mass is 35.5. The van der Waals surface area contributed by atoms with Gasteiger partial charge in [-0.3, -0.25) is 29.7 Å². The molecule has 0 saturated heterocycles. The average molecular weight is 834 g/mol. The van der Waals surface area contributed by atoms with E-state index in [1.54, 1.807) is 28.0 Å². The number of amides is 2. The summed E-state index contributed by atoms with van der Waals surface area (Å²) in [7, 11) is 0. The first-order chi connectivity index (χ1) is 26.9. The van der Waals surface area contributed by atoms with Gasteiger partial charge in [-0.05, 0) is 61.8 Å². The molecule has 2 saturated carbocycles. The number of aromatic amines is 2. The minimum absolute atomic E-state index is 0.0898. The van der Waals surface area contributed by atoms with Crippen LogP contribution in [0.5, 0.6) is 0 Å². The van der Waals surface area contributed by atoms with Gasteiger partial charge >= 0.3 is 5.97 Å². The summed E-state index contributed by atoms with van der Waals surface area (Å²) in [5, 5.41) is 32.9. The molecule has 2 aliphatic rings. The van der Waals surface area contributed by atoms with E-state index in [0.29, 0.717) is 51.0 Å². The minimum atomic E-state index is -0.813. The third-order valence-electron chi connectivity index (χ3n) is 9.20. The predicted octanol–water partition coefficient (Wildman–Crippen LogP) is 7.29. The number of pyridine rings is 2. The molecule has 5 aromatic rings. The third kappa shape index (κ3) is 11.9. The zero-order valence-corrected chi connectivity index (χ0v) is 32.0. The fraction of sp³-hybridized carbons (Fsp3) is 0.324. The van der Waals surface area contributed by atoms with E-state index in [1.165, 1.54) is 49.1 Å². The van der Waals surface area contributed by atoms with Crippen molar-refractivity contribution in [2.24, 2.45) is 11.8 Å². The van der Waals surface area contributed by atoms with Crippen molar-refractivity contribution in [1.29, 1.82) is 0 Å². The minimum Gasteiger partial charge on any atom is -0.619 e. The first kappa shape index (κ1) is 42.0. The number of hydrogen-bond donors (Lipinski definition) is 3. The number of aromatic nitrogens is 6. The van der Waals surface area contributed by atoms with Crippen molar-refractivity contribution in [3.05, 3.63) is 134 Å². The van der Waals surface area contributed by atoms with Crippen LogP contribution in [0, 0.1) is 28.7 Å². The molecule has 7 rings (SSSR count). The molecule has 0 spiro atoms. The largest absolute Gasteiger partial charge is 0.619 e. The Kier molecular flexibility index (Phi) is 15.1. The summed E-state index contributed by atoms with van der Waals surface area (Å²) in [6, 6.07) is 12.0. The second-order valence-corrected chi connectivity index (χ2v) is 14.5. The number of nitrogens with one attached hydrogen (secondary N) is 2. The van der Waals surface area contributed by atoms with E-state index >= 15 is 0 Å². The Morgan fingerprint density at radius 3 is 1.82 bits per heavy atom. The van der Waals surface area contributed by atoms with Gasteiger partial charge in [-0.2, -0.15) is 24.6 Å². The highest BCUT2D eigenvalue weighted by Crippen LogP contribution is 2.29. The van der Waals surface area contributed by atoms with E-state index in [-0.39, 0.29) is 47.0 Å². The zero-order valence-electron chi connectivity index (χ0n) is 29.7. The molecule has 2 aliphatic carbocycles. The lowest BCUT2D eigenvalue weighted by molar-refractivity contribution is -0.607. The van der Waals surface area contributed by atoms with Gasteiger partial charge in [0.2, 0.25) is 6.20 Å². The highest BCUT2D eigenvalue weighted by molar-refractivity contribution is 6.31. The van der Waals surface area contributed by atoms with Crippen LogP contribution >= 0.6 is 34.8 Å². The fourth-order valence-corrected chi connectivity index (χ4v) is 6.25. The molecule has 3 N–H and O–H groups in total. The van der Waals surface area contributed by atoms with Crippen LogP contribution in [0.3, 0.4) is 0 Å². The van der Waals surface area contributed by atoms with Crippen LogP contribution < -0.4 is 4.73 Å². The molecule has 2 amide bonds. The van der Waals surface area contributed by atoms with Crippen LogP contribution in [0.2, 0.25) is 15.3 Å². The molecule has 4 heterocycles. The van der Waals surface area contributed by atoms with Crippen molar-refractivity contribution >= 4 is 52.6 Å². The molecule has 56 heavy (non-hydrogen) atoms. The molecule has 0 bridgehead atoms. The van der Waals surface area contributed by atoms with Crippen molar-refractivity contribution < 1.29 is 38.0 Å². The van der Waals surface area contributed by atoms with Crippen LogP contribution in [0.1, 0.15) is 81.0 Å². The van der Waals surface area contributed by atoms with E-state index < -0.39 is 17.6 Å². The molecule has 19 heteroatoms. The Hall–Kier alpha value is -5.16. The Labute approximate surface area is 334 Å². The summed E-state index contributed by atoms with van der Waals surface area (Å²) in [6.07, 6.45) is 11.4. The van der Waals surface area contributed by atoms with Gasteiger partial charge in [0.05, 0.1) is 11.8 Å². The molecule has 0 radical (unpaired) electrons. The van der Waals surface area contributed by atoms with Gasteiger partial charge < -0.3 is 15.0 Å². The average Bonchev–Trinajstić information content (AvgIpc) is 3.79. The maximum absolute atomic E-state index is 13.9. The Balaban J connectivity index is 0.000000171. The summed E-state index contributed by atoms with van der Waals surface area (Å²) in [4.78, 5) is 46.3. The monoisotopic (exact) mass is 832 g/mol. The number of hydrogen-bond acceptors (Lipinski definition) is 9. The number of benzene rings is 1. The second-order valence-electron chi connectivity index (χ2n) is 13.2. The smallest absolute Gasteiger partial charge is 0.372 e. The molecular weight excluding hydrogens is 797 g/mol. The lowest BCUT2D eigenvalue weighted by Crippen LogP contribution is -2.38. The molecule has 14 nitrogen and oxygen atoms in total. The summed E-state index contributed by atoms with van der Waals surface area (Å²) < 4.78 is 28.1. The Morgan fingerprint density at radius 1 is 0.839 bits per heavy atom. The lowest BCUT2D eigenvalue weighted by Gasteiger charge is -2.32. The summed E-state index contributed by atoms with van der Waals surface area (Å²) in [5.41, 5.74) is 1.42. The van der Waals surface area contributed by atoms with Gasteiger partial charge in [0.25, 0.3) is 11.8 Å². The molecule has 4 aromatic heterocycles. The molecule has 2 fully saturated rings. The third-order valence-corrected chi connectivity index (χ3v) is 9.83. The second kappa shape index (κ2) is 20.1. The summed E-state index contributed by atoms with van der Waals surface area (Å²) in [5.74, 6) is -1.51. The van der Waals surface area contributed by atoms with Crippen molar-refractivity contribution in [2.45, 2.75) is 51.6 Å². The molecular formula is C37H37Cl3F2N8O6. The van der Waals surface area contributed by atoms with E-state index in [0.717, 1.165) is 44.5 Å². The molecule has 0 aliphatic heterocycles. The molecule has 296 valence electrons. The van der Waals surface area contributed by atoms with Crippen molar-refractivity contribution in [3.63, 3.8) is 0 Å². The fourth-order valence-electron chi connectivity index (χ4n) is 5.77. The van der Waals surface area contributed by atoms with Gasteiger partial charge in [0.15, 0.2) is 23.4 Å². The number of nitrogens with zero attached hydrogens (tertiary/aromatic N) is 6. The predicted molar refractivity (Wildman–Crippen MR) is 200 cm³/mol.